The quantitative estimate of drug-likeness (QED) is 0.712. The number of carboxylic acids is 1. The highest BCUT2D eigenvalue weighted by atomic mass is 32.2. The Balaban J connectivity index is 2.30. The summed E-state index contributed by atoms with van der Waals surface area (Å²) in [7, 11) is 0. The number of nitrogens with one attached hydrogen (secondary N) is 1. The Morgan fingerprint density at radius 3 is 2.44 bits per heavy atom. The third kappa shape index (κ3) is 4.88. The van der Waals surface area contributed by atoms with Crippen molar-refractivity contribution in [2.24, 2.45) is 5.41 Å². The molecule has 0 spiro atoms. The van der Waals surface area contributed by atoms with Gasteiger partial charge < -0.3 is 10.4 Å². The molecular weight excluding hydrogens is 250 g/mol. The van der Waals surface area contributed by atoms with Gasteiger partial charge in [-0.05, 0) is 38.5 Å². The van der Waals surface area contributed by atoms with E-state index in [2.05, 4.69) is 5.32 Å². The van der Waals surface area contributed by atoms with Crippen molar-refractivity contribution in [3.8, 4) is 0 Å². The molecular formula is C13H23NO3S. The van der Waals surface area contributed by atoms with E-state index >= 15 is 0 Å². The molecule has 2 N–H and O–H groups in total. The standard InChI is InChI=1S/C13H23NO3S/c1-4-9(2)14-12(17)10(3)18-8-13(5-6-13)7-11(15)16/h9-10H,4-8H2,1-3H3,(H,14,17)(H,15,16). The van der Waals surface area contributed by atoms with Gasteiger partial charge in [-0.3, -0.25) is 9.59 Å². The summed E-state index contributed by atoms with van der Waals surface area (Å²) in [5.74, 6) is 0.0966. The smallest absolute Gasteiger partial charge is 0.303 e. The summed E-state index contributed by atoms with van der Waals surface area (Å²) in [6, 6.07) is 0.203. The van der Waals surface area contributed by atoms with Gasteiger partial charge in [-0.15, -0.1) is 11.8 Å². The first-order valence-corrected chi connectivity index (χ1v) is 7.57. The average Bonchev–Trinajstić information content (AvgIpc) is 3.05. The maximum absolute atomic E-state index is 11.8. The fourth-order valence-electron chi connectivity index (χ4n) is 1.71. The zero-order chi connectivity index (χ0) is 13.8. The minimum absolute atomic E-state index is 0.0403. The topological polar surface area (TPSA) is 66.4 Å². The normalized spacial score (nSPS) is 19.9. The van der Waals surface area contributed by atoms with E-state index in [1.54, 1.807) is 11.8 Å². The molecule has 1 amide bonds. The van der Waals surface area contributed by atoms with Crippen LogP contribution in [0.1, 0.15) is 46.5 Å². The Hall–Kier alpha value is -0.710. The molecule has 0 aromatic carbocycles. The second-order valence-electron chi connectivity index (χ2n) is 5.34. The zero-order valence-electron chi connectivity index (χ0n) is 11.4. The summed E-state index contributed by atoms with van der Waals surface area (Å²) in [6.45, 7) is 5.91. The van der Waals surface area contributed by atoms with Crippen LogP contribution in [0.25, 0.3) is 0 Å². The van der Waals surface area contributed by atoms with Crippen LogP contribution in [0.15, 0.2) is 0 Å². The van der Waals surface area contributed by atoms with Crippen LogP contribution < -0.4 is 5.32 Å². The van der Waals surface area contributed by atoms with Gasteiger partial charge in [0.25, 0.3) is 0 Å². The fraction of sp³-hybridized carbons (Fsp3) is 0.846. The van der Waals surface area contributed by atoms with Gasteiger partial charge >= 0.3 is 5.97 Å². The lowest BCUT2D eigenvalue weighted by atomic mass is 10.1. The predicted molar refractivity (Wildman–Crippen MR) is 73.7 cm³/mol. The van der Waals surface area contributed by atoms with E-state index in [1.807, 2.05) is 20.8 Å². The van der Waals surface area contributed by atoms with Crippen LogP contribution in [0, 0.1) is 5.41 Å². The van der Waals surface area contributed by atoms with Crippen LogP contribution >= 0.6 is 11.8 Å². The molecule has 4 nitrogen and oxygen atoms in total. The first-order valence-electron chi connectivity index (χ1n) is 6.52. The summed E-state index contributed by atoms with van der Waals surface area (Å²) in [5.41, 5.74) is -0.0403. The van der Waals surface area contributed by atoms with Gasteiger partial charge in [0, 0.05) is 11.8 Å². The molecule has 0 radical (unpaired) electrons. The molecule has 2 unspecified atom stereocenters. The molecule has 1 aliphatic carbocycles. The summed E-state index contributed by atoms with van der Waals surface area (Å²) >= 11 is 1.57. The van der Waals surface area contributed by atoms with Crippen LogP contribution in [0.2, 0.25) is 0 Å². The van der Waals surface area contributed by atoms with Crippen molar-refractivity contribution in [2.45, 2.75) is 57.7 Å². The van der Waals surface area contributed by atoms with E-state index in [0.29, 0.717) is 0 Å². The lowest BCUT2D eigenvalue weighted by Gasteiger charge is -2.18. The van der Waals surface area contributed by atoms with Crippen molar-refractivity contribution in [2.75, 3.05) is 5.75 Å². The predicted octanol–water partition coefficient (Wildman–Crippen LogP) is 2.28. The van der Waals surface area contributed by atoms with Gasteiger partial charge in [-0.2, -0.15) is 0 Å². The Labute approximate surface area is 113 Å². The van der Waals surface area contributed by atoms with Crippen molar-refractivity contribution in [1.29, 1.82) is 0 Å². The highest BCUT2D eigenvalue weighted by Gasteiger charge is 2.44. The van der Waals surface area contributed by atoms with E-state index in [0.717, 1.165) is 25.0 Å². The maximum atomic E-state index is 11.8. The number of aliphatic carboxylic acids is 1. The summed E-state index contributed by atoms with van der Waals surface area (Å²) in [4.78, 5) is 22.6. The zero-order valence-corrected chi connectivity index (χ0v) is 12.2. The third-order valence-corrected chi connectivity index (χ3v) is 4.99. The second-order valence-corrected chi connectivity index (χ2v) is 6.67. The molecule has 104 valence electrons. The van der Waals surface area contributed by atoms with E-state index in [1.165, 1.54) is 0 Å². The number of amides is 1. The van der Waals surface area contributed by atoms with Crippen LogP contribution in [-0.4, -0.2) is 34.0 Å². The molecule has 1 rings (SSSR count). The Bertz CT molecular complexity index is 315. The SMILES string of the molecule is CCC(C)NC(=O)C(C)SCC1(CC(=O)O)CC1. The number of carboxylic acid groups (broad SMARTS) is 1. The van der Waals surface area contributed by atoms with Crippen LogP contribution in [0.3, 0.4) is 0 Å². The molecule has 2 atom stereocenters. The summed E-state index contributed by atoms with van der Waals surface area (Å²) < 4.78 is 0. The fourth-order valence-corrected chi connectivity index (χ4v) is 2.92. The number of hydrogen-bond acceptors (Lipinski definition) is 3. The molecule has 1 aliphatic rings. The first-order chi connectivity index (χ1) is 8.38. The number of carbonyl (C=O) groups is 2. The van der Waals surface area contributed by atoms with Crippen molar-refractivity contribution in [3.05, 3.63) is 0 Å². The number of carbonyl (C=O) groups excluding carboxylic acids is 1. The van der Waals surface area contributed by atoms with E-state index in [4.69, 9.17) is 5.11 Å². The second kappa shape index (κ2) is 6.45. The van der Waals surface area contributed by atoms with Gasteiger partial charge in [0.1, 0.15) is 0 Å². The van der Waals surface area contributed by atoms with Gasteiger partial charge in [0.05, 0.1) is 11.7 Å². The molecule has 0 aliphatic heterocycles. The number of rotatable bonds is 8. The first kappa shape index (κ1) is 15.3. The number of thioether (sulfide) groups is 1. The largest absolute Gasteiger partial charge is 0.481 e. The molecule has 0 bridgehead atoms. The summed E-state index contributed by atoms with van der Waals surface area (Å²) in [6.07, 6.45) is 3.11. The molecule has 0 saturated heterocycles. The molecule has 0 heterocycles. The van der Waals surface area contributed by atoms with Crippen molar-refractivity contribution in [3.63, 3.8) is 0 Å². The van der Waals surface area contributed by atoms with Crippen molar-refractivity contribution in [1.82, 2.24) is 5.32 Å². The van der Waals surface area contributed by atoms with Gasteiger partial charge in [0.15, 0.2) is 0 Å². The minimum atomic E-state index is -0.732. The lowest BCUT2D eigenvalue weighted by Crippen LogP contribution is -2.37. The monoisotopic (exact) mass is 273 g/mol. The lowest BCUT2D eigenvalue weighted by molar-refractivity contribution is -0.138. The third-order valence-electron chi connectivity index (χ3n) is 3.49. The molecule has 0 aromatic rings. The molecule has 1 fully saturated rings. The van der Waals surface area contributed by atoms with Crippen LogP contribution in [-0.2, 0) is 9.59 Å². The van der Waals surface area contributed by atoms with Gasteiger partial charge in [-0.1, -0.05) is 6.92 Å². The average molecular weight is 273 g/mol. The highest BCUT2D eigenvalue weighted by Crippen LogP contribution is 2.51. The molecule has 5 heteroatoms. The van der Waals surface area contributed by atoms with Gasteiger partial charge in [-0.25, -0.2) is 0 Å². The van der Waals surface area contributed by atoms with Crippen LogP contribution in [0.4, 0.5) is 0 Å². The molecule has 18 heavy (non-hydrogen) atoms. The molecule has 1 saturated carbocycles. The number of hydrogen-bond donors (Lipinski definition) is 2. The van der Waals surface area contributed by atoms with E-state index < -0.39 is 5.97 Å². The Morgan fingerprint density at radius 2 is 2.00 bits per heavy atom. The van der Waals surface area contributed by atoms with Crippen LogP contribution in [0.5, 0.6) is 0 Å². The minimum Gasteiger partial charge on any atom is -0.481 e. The van der Waals surface area contributed by atoms with E-state index in [-0.39, 0.29) is 29.0 Å². The molecule has 0 aromatic heterocycles. The maximum Gasteiger partial charge on any atom is 0.303 e. The highest BCUT2D eigenvalue weighted by molar-refractivity contribution is 8.00. The van der Waals surface area contributed by atoms with Gasteiger partial charge in [0.2, 0.25) is 5.91 Å². The van der Waals surface area contributed by atoms with Crippen molar-refractivity contribution < 1.29 is 14.7 Å². The summed E-state index contributed by atoms with van der Waals surface area (Å²) in [5, 5.41) is 11.7. The Morgan fingerprint density at radius 1 is 1.39 bits per heavy atom. The van der Waals surface area contributed by atoms with Crippen molar-refractivity contribution >= 4 is 23.6 Å². The van der Waals surface area contributed by atoms with E-state index in [9.17, 15) is 9.59 Å². The Kier molecular flexibility index (Phi) is 5.50.